The van der Waals surface area contributed by atoms with E-state index in [-0.39, 0.29) is 31.1 Å². The van der Waals surface area contributed by atoms with Crippen LogP contribution in [0, 0.1) is 0 Å². The second-order valence-electron chi connectivity index (χ2n) is 5.40. The van der Waals surface area contributed by atoms with Crippen molar-refractivity contribution in [1.29, 1.82) is 0 Å². The second-order valence-corrected chi connectivity index (χ2v) is 5.40. The van der Waals surface area contributed by atoms with E-state index in [1.807, 2.05) is 24.3 Å². The van der Waals surface area contributed by atoms with Crippen LogP contribution in [0.3, 0.4) is 0 Å². The van der Waals surface area contributed by atoms with E-state index >= 15 is 0 Å². The van der Waals surface area contributed by atoms with Crippen molar-refractivity contribution in [3.63, 3.8) is 0 Å². The van der Waals surface area contributed by atoms with Crippen molar-refractivity contribution in [1.82, 2.24) is 9.78 Å². The number of carbonyl (C=O) groups is 2. The Bertz CT molecular complexity index is 722. The molecule has 0 aliphatic carbocycles. The molecule has 0 radical (unpaired) electrons. The first-order valence-corrected chi connectivity index (χ1v) is 8.25. The molecule has 134 valence electrons. The maximum atomic E-state index is 12.1. The molecule has 1 amide bonds. The molecular weight excluding hydrogens is 322 g/mol. The Kier molecular flexibility index (Phi) is 6.56. The molecule has 0 atom stereocenters. The second kappa shape index (κ2) is 8.86. The van der Waals surface area contributed by atoms with Gasteiger partial charge in [-0.05, 0) is 31.0 Å². The Hall–Kier alpha value is -2.83. The molecule has 0 saturated carbocycles. The van der Waals surface area contributed by atoms with Gasteiger partial charge in [-0.2, -0.15) is 5.10 Å². The molecule has 2 rings (SSSR count). The maximum absolute atomic E-state index is 12.1. The highest BCUT2D eigenvalue weighted by molar-refractivity contribution is 6.00. The van der Waals surface area contributed by atoms with E-state index in [0.29, 0.717) is 5.82 Å². The third-order valence-corrected chi connectivity index (χ3v) is 3.62. The highest BCUT2D eigenvalue weighted by Crippen LogP contribution is 2.16. The zero-order valence-electron chi connectivity index (χ0n) is 14.7. The number of ether oxygens (including phenoxy) is 2. The molecule has 1 heterocycles. The SMILES string of the molecule is CCOC(=O)c1cnn(C)c1NC(=O)CCOc1ccc(CC)cc1. The Morgan fingerprint density at radius 1 is 1.20 bits per heavy atom. The molecule has 0 fully saturated rings. The number of carbonyl (C=O) groups excluding carboxylic acids is 2. The van der Waals surface area contributed by atoms with Gasteiger partial charge in [0.2, 0.25) is 5.91 Å². The largest absolute Gasteiger partial charge is 0.493 e. The van der Waals surface area contributed by atoms with Crippen LogP contribution >= 0.6 is 0 Å². The lowest BCUT2D eigenvalue weighted by molar-refractivity contribution is -0.116. The molecule has 1 N–H and O–H groups in total. The van der Waals surface area contributed by atoms with Gasteiger partial charge >= 0.3 is 5.97 Å². The summed E-state index contributed by atoms with van der Waals surface area (Å²) < 4.78 is 11.9. The van der Waals surface area contributed by atoms with Crippen molar-refractivity contribution in [2.24, 2.45) is 7.05 Å². The standard InChI is InChI=1S/C18H23N3O4/c1-4-13-6-8-14(9-7-13)25-11-10-16(22)20-17-15(12-19-21(17)3)18(23)24-5-2/h6-9,12H,4-5,10-11H2,1-3H3,(H,20,22). The van der Waals surface area contributed by atoms with E-state index in [4.69, 9.17) is 9.47 Å². The van der Waals surface area contributed by atoms with Gasteiger partial charge in [-0.3, -0.25) is 9.48 Å². The number of rotatable bonds is 8. The van der Waals surface area contributed by atoms with E-state index in [9.17, 15) is 9.59 Å². The number of anilines is 1. The van der Waals surface area contributed by atoms with Gasteiger partial charge in [-0.15, -0.1) is 0 Å². The summed E-state index contributed by atoms with van der Waals surface area (Å²) in [5, 5.41) is 6.67. The first-order valence-electron chi connectivity index (χ1n) is 8.25. The summed E-state index contributed by atoms with van der Waals surface area (Å²) in [6.07, 6.45) is 2.50. The summed E-state index contributed by atoms with van der Waals surface area (Å²) >= 11 is 0. The number of nitrogens with zero attached hydrogens (tertiary/aromatic N) is 2. The lowest BCUT2D eigenvalue weighted by Crippen LogP contribution is -2.19. The van der Waals surface area contributed by atoms with E-state index in [1.165, 1.54) is 16.4 Å². The Morgan fingerprint density at radius 2 is 1.92 bits per heavy atom. The third-order valence-electron chi connectivity index (χ3n) is 3.62. The quantitative estimate of drug-likeness (QED) is 0.744. The highest BCUT2D eigenvalue weighted by Gasteiger charge is 2.19. The number of hydrogen-bond acceptors (Lipinski definition) is 5. The van der Waals surface area contributed by atoms with E-state index in [2.05, 4.69) is 17.3 Å². The summed E-state index contributed by atoms with van der Waals surface area (Å²) in [7, 11) is 1.64. The number of esters is 1. The smallest absolute Gasteiger partial charge is 0.343 e. The Morgan fingerprint density at radius 3 is 2.56 bits per heavy atom. The molecule has 7 heteroatoms. The van der Waals surface area contributed by atoms with Gasteiger partial charge in [0.25, 0.3) is 0 Å². The summed E-state index contributed by atoms with van der Waals surface area (Å²) in [5.41, 5.74) is 1.46. The van der Waals surface area contributed by atoms with E-state index in [1.54, 1.807) is 14.0 Å². The molecule has 0 aliphatic rings. The maximum Gasteiger partial charge on any atom is 0.343 e. The predicted octanol–water partition coefficient (Wildman–Crippen LogP) is 2.57. The topological polar surface area (TPSA) is 82.5 Å². The van der Waals surface area contributed by atoms with Crippen LogP contribution in [0.1, 0.15) is 36.2 Å². The first kappa shape index (κ1) is 18.5. The highest BCUT2D eigenvalue weighted by atomic mass is 16.5. The monoisotopic (exact) mass is 345 g/mol. The fourth-order valence-electron chi connectivity index (χ4n) is 2.22. The summed E-state index contributed by atoms with van der Waals surface area (Å²) in [5.74, 6) is 0.256. The molecule has 25 heavy (non-hydrogen) atoms. The van der Waals surface area contributed by atoms with Crippen LogP contribution in [0.2, 0.25) is 0 Å². The van der Waals surface area contributed by atoms with E-state index in [0.717, 1.165) is 12.2 Å². The van der Waals surface area contributed by atoms with Crippen molar-refractivity contribution in [2.75, 3.05) is 18.5 Å². The average molecular weight is 345 g/mol. The normalized spacial score (nSPS) is 10.4. The number of benzene rings is 1. The number of hydrogen-bond donors (Lipinski definition) is 1. The number of nitrogens with one attached hydrogen (secondary N) is 1. The molecule has 7 nitrogen and oxygen atoms in total. The minimum Gasteiger partial charge on any atom is -0.493 e. The molecular formula is C18H23N3O4. The zero-order chi connectivity index (χ0) is 18.2. The number of amides is 1. The van der Waals surface area contributed by atoms with Crippen molar-refractivity contribution >= 4 is 17.7 Å². The lowest BCUT2D eigenvalue weighted by Gasteiger charge is -2.09. The fourth-order valence-corrected chi connectivity index (χ4v) is 2.22. The Labute approximate surface area is 146 Å². The summed E-state index contributed by atoms with van der Waals surface area (Å²) in [6.45, 7) is 4.30. The fraction of sp³-hybridized carbons (Fsp3) is 0.389. The Balaban J connectivity index is 1.87. The minimum absolute atomic E-state index is 0.156. The minimum atomic E-state index is -0.516. The van der Waals surface area contributed by atoms with Gasteiger partial charge in [0.1, 0.15) is 17.1 Å². The van der Waals surface area contributed by atoms with Crippen LogP contribution < -0.4 is 10.1 Å². The molecule has 1 aromatic carbocycles. The lowest BCUT2D eigenvalue weighted by atomic mass is 10.2. The predicted molar refractivity (Wildman–Crippen MR) is 93.7 cm³/mol. The first-order chi connectivity index (χ1) is 12.0. The summed E-state index contributed by atoms with van der Waals surface area (Å²) in [6, 6.07) is 7.76. The molecule has 0 bridgehead atoms. The van der Waals surface area contributed by atoms with Gasteiger partial charge in [-0.25, -0.2) is 4.79 Å². The van der Waals surface area contributed by atoms with Crippen LogP contribution in [-0.4, -0.2) is 34.9 Å². The molecule has 0 saturated heterocycles. The third kappa shape index (κ3) is 5.07. The van der Waals surface area contributed by atoms with Gasteiger partial charge in [0, 0.05) is 7.05 Å². The van der Waals surface area contributed by atoms with Gasteiger partial charge < -0.3 is 14.8 Å². The van der Waals surface area contributed by atoms with Crippen molar-refractivity contribution in [3.8, 4) is 5.75 Å². The number of aryl methyl sites for hydroxylation is 2. The average Bonchev–Trinajstić information content (AvgIpc) is 2.96. The molecule has 2 aromatic rings. The van der Waals surface area contributed by atoms with Crippen LogP contribution in [0.5, 0.6) is 5.75 Å². The van der Waals surface area contributed by atoms with E-state index < -0.39 is 5.97 Å². The van der Waals surface area contributed by atoms with Gasteiger partial charge in [0.05, 0.1) is 25.8 Å². The van der Waals surface area contributed by atoms with Crippen LogP contribution in [0.15, 0.2) is 30.5 Å². The van der Waals surface area contributed by atoms with Gasteiger partial charge in [0.15, 0.2) is 0 Å². The molecule has 0 aliphatic heterocycles. The van der Waals surface area contributed by atoms with Crippen molar-refractivity contribution in [3.05, 3.63) is 41.6 Å². The molecule has 0 unspecified atom stereocenters. The summed E-state index contributed by atoms with van der Waals surface area (Å²) in [4.78, 5) is 24.0. The van der Waals surface area contributed by atoms with Crippen LogP contribution in [0.25, 0.3) is 0 Å². The van der Waals surface area contributed by atoms with Gasteiger partial charge in [-0.1, -0.05) is 19.1 Å². The molecule has 0 spiro atoms. The molecule has 1 aromatic heterocycles. The van der Waals surface area contributed by atoms with Crippen LogP contribution in [-0.2, 0) is 23.0 Å². The van der Waals surface area contributed by atoms with Crippen molar-refractivity contribution in [2.45, 2.75) is 26.7 Å². The van der Waals surface area contributed by atoms with Crippen molar-refractivity contribution < 1.29 is 19.1 Å². The number of aromatic nitrogens is 2. The van der Waals surface area contributed by atoms with Crippen LogP contribution in [0.4, 0.5) is 5.82 Å². The zero-order valence-corrected chi connectivity index (χ0v) is 14.7.